The lowest BCUT2D eigenvalue weighted by molar-refractivity contribution is 0.571. The minimum absolute atomic E-state index is 0.0297. The maximum absolute atomic E-state index is 12.2. The summed E-state index contributed by atoms with van der Waals surface area (Å²) in [5.41, 5.74) is 6.01. The molecule has 1 rings (SSSR count). The number of thioether (sulfide) groups is 1. The maximum atomic E-state index is 12.2. The van der Waals surface area contributed by atoms with E-state index in [9.17, 15) is 8.42 Å². The molecule has 8 heteroatoms. The quantitative estimate of drug-likeness (QED) is 0.776. The predicted molar refractivity (Wildman–Crippen MR) is 85.5 cm³/mol. The first-order valence-corrected chi connectivity index (χ1v) is 9.05. The van der Waals surface area contributed by atoms with Gasteiger partial charge in [-0.25, -0.2) is 13.1 Å². The SMILES string of the molecule is CSCC(C)NS(=O)(=O)c1ccc(C(N)=S)cc1Cl. The van der Waals surface area contributed by atoms with E-state index in [0.29, 0.717) is 11.3 Å². The van der Waals surface area contributed by atoms with Crippen molar-refractivity contribution in [2.24, 2.45) is 5.73 Å². The number of hydrogen-bond acceptors (Lipinski definition) is 4. The van der Waals surface area contributed by atoms with Crippen LogP contribution in [0.4, 0.5) is 0 Å². The fourth-order valence-corrected chi connectivity index (χ4v) is 4.09. The summed E-state index contributed by atoms with van der Waals surface area (Å²) in [4.78, 5) is 0.205. The van der Waals surface area contributed by atoms with Crippen LogP contribution in [0.1, 0.15) is 12.5 Å². The number of rotatable bonds is 6. The van der Waals surface area contributed by atoms with Gasteiger partial charge >= 0.3 is 0 Å². The fraction of sp³-hybridized carbons (Fsp3) is 0.364. The zero-order chi connectivity index (χ0) is 14.6. The smallest absolute Gasteiger partial charge is 0.242 e. The average Bonchev–Trinajstić information content (AvgIpc) is 2.27. The molecule has 0 radical (unpaired) electrons. The van der Waals surface area contributed by atoms with Gasteiger partial charge in [-0.05, 0) is 25.3 Å². The topological polar surface area (TPSA) is 72.2 Å². The van der Waals surface area contributed by atoms with Crippen molar-refractivity contribution in [2.45, 2.75) is 17.9 Å². The summed E-state index contributed by atoms with van der Waals surface area (Å²) >= 11 is 12.4. The number of halogens is 1. The van der Waals surface area contributed by atoms with Crippen molar-refractivity contribution >= 4 is 50.6 Å². The van der Waals surface area contributed by atoms with Crippen LogP contribution in [0.2, 0.25) is 5.02 Å². The molecule has 0 aliphatic rings. The maximum Gasteiger partial charge on any atom is 0.242 e. The highest BCUT2D eigenvalue weighted by Crippen LogP contribution is 2.23. The standard InChI is InChI=1S/C11H15ClN2O2S3/c1-7(6-18-2)14-19(15,16)10-4-3-8(11(13)17)5-9(10)12/h3-5,7,14H,6H2,1-2H3,(H2,13,17). The van der Waals surface area contributed by atoms with E-state index in [0.717, 1.165) is 0 Å². The van der Waals surface area contributed by atoms with Crippen LogP contribution in [0.5, 0.6) is 0 Å². The molecule has 0 fully saturated rings. The Morgan fingerprint density at radius 3 is 2.68 bits per heavy atom. The third-order valence-corrected chi connectivity index (χ3v) is 5.42. The first kappa shape index (κ1) is 16.7. The summed E-state index contributed by atoms with van der Waals surface area (Å²) in [6.07, 6.45) is 1.91. The predicted octanol–water partition coefficient (Wildman–Crippen LogP) is 2.00. The molecular weight excluding hydrogens is 324 g/mol. The van der Waals surface area contributed by atoms with E-state index in [1.807, 2.05) is 6.26 Å². The Morgan fingerprint density at radius 2 is 2.21 bits per heavy atom. The molecule has 0 bridgehead atoms. The van der Waals surface area contributed by atoms with E-state index < -0.39 is 10.0 Å². The van der Waals surface area contributed by atoms with E-state index >= 15 is 0 Å². The largest absolute Gasteiger partial charge is 0.389 e. The molecule has 0 heterocycles. The van der Waals surface area contributed by atoms with Crippen LogP contribution < -0.4 is 10.5 Å². The number of nitrogens with two attached hydrogens (primary N) is 1. The Kier molecular flexibility index (Phi) is 6.07. The summed E-state index contributed by atoms with van der Waals surface area (Å²) in [6, 6.07) is 4.23. The lowest BCUT2D eigenvalue weighted by atomic mass is 10.2. The lowest BCUT2D eigenvalue weighted by Gasteiger charge is -2.14. The van der Waals surface area contributed by atoms with Gasteiger partial charge in [0.1, 0.15) is 9.88 Å². The average molecular weight is 339 g/mol. The van der Waals surface area contributed by atoms with E-state index in [1.165, 1.54) is 12.1 Å². The molecule has 0 amide bonds. The highest BCUT2D eigenvalue weighted by Gasteiger charge is 2.20. The molecule has 1 aromatic carbocycles. The number of sulfonamides is 1. The van der Waals surface area contributed by atoms with Gasteiger partial charge in [0, 0.05) is 17.4 Å². The first-order chi connectivity index (χ1) is 8.77. The van der Waals surface area contributed by atoms with Gasteiger partial charge in [-0.15, -0.1) is 0 Å². The van der Waals surface area contributed by atoms with Crippen LogP contribution in [-0.4, -0.2) is 31.5 Å². The van der Waals surface area contributed by atoms with Gasteiger partial charge in [0.15, 0.2) is 0 Å². The third-order valence-electron chi connectivity index (χ3n) is 2.28. The highest BCUT2D eigenvalue weighted by molar-refractivity contribution is 7.98. The second kappa shape index (κ2) is 6.90. The molecule has 3 N–H and O–H groups in total. The minimum Gasteiger partial charge on any atom is -0.389 e. The Hall–Kier alpha value is -0.340. The van der Waals surface area contributed by atoms with E-state index in [-0.39, 0.29) is 20.9 Å². The number of thiocarbonyl (C=S) groups is 1. The molecule has 1 unspecified atom stereocenters. The van der Waals surface area contributed by atoms with Crippen molar-refractivity contribution in [3.05, 3.63) is 28.8 Å². The normalized spacial score (nSPS) is 13.2. The van der Waals surface area contributed by atoms with Crippen LogP contribution >= 0.6 is 35.6 Å². The zero-order valence-electron chi connectivity index (χ0n) is 10.5. The fourth-order valence-electron chi connectivity index (χ4n) is 1.48. The second-order valence-corrected chi connectivity index (χ2v) is 7.43. The van der Waals surface area contributed by atoms with E-state index in [1.54, 1.807) is 24.8 Å². The van der Waals surface area contributed by atoms with Gasteiger partial charge in [0.2, 0.25) is 10.0 Å². The van der Waals surface area contributed by atoms with Crippen molar-refractivity contribution < 1.29 is 8.42 Å². The molecule has 1 atom stereocenters. The minimum atomic E-state index is -3.63. The Labute approximate surface area is 128 Å². The molecule has 19 heavy (non-hydrogen) atoms. The summed E-state index contributed by atoms with van der Waals surface area (Å²) in [5, 5.41) is 0.106. The highest BCUT2D eigenvalue weighted by atomic mass is 35.5. The summed E-state index contributed by atoms with van der Waals surface area (Å²) < 4.78 is 26.9. The van der Waals surface area contributed by atoms with Crippen LogP contribution in [0.15, 0.2) is 23.1 Å². The van der Waals surface area contributed by atoms with E-state index in [2.05, 4.69) is 4.72 Å². The van der Waals surface area contributed by atoms with Gasteiger partial charge in [0.25, 0.3) is 0 Å². The molecular formula is C11H15ClN2O2S3. The van der Waals surface area contributed by atoms with Crippen LogP contribution in [-0.2, 0) is 10.0 Å². The summed E-state index contributed by atoms with van der Waals surface area (Å²) in [6.45, 7) is 1.80. The molecule has 0 aliphatic heterocycles. The number of nitrogens with one attached hydrogen (secondary N) is 1. The molecule has 106 valence electrons. The van der Waals surface area contributed by atoms with Gasteiger partial charge in [0.05, 0.1) is 5.02 Å². The zero-order valence-corrected chi connectivity index (χ0v) is 13.7. The number of benzene rings is 1. The van der Waals surface area contributed by atoms with Crippen LogP contribution in [0.3, 0.4) is 0 Å². The summed E-state index contributed by atoms with van der Waals surface area (Å²) in [5.74, 6) is 0.682. The molecule has 4 nitrogen and oxygen atoms in total. The van der Waals surface area contributed by atoms with Crippen molar-refractivity contribution in [2.75, 3.05) is 12.0 Å². The van der Waals surface area contributed by atoms with Gasteiger partial charge in [-0.3, -0.25) is 0 Å². The molecule has 0 spiro atoms. The molecule has 1 aromatic rings. The molecule has 0 saturated carbocycles. The Morgan fingerprint density at radius 1 is 1.58 bits per heavy atom. The second-order valence-electron chi connectivity index (χ2n) is 3.99. The van der Waals surface area contributed by atoms with Crippen molar-refractivity contribution in [1.29, 1.82) is 0 Å². The van der Waals surface area contributed by atoms with Crippen LogP contribution in [0, 0.1) is 0 Å². The van der Waals surface area contributed by atoms with Gasteiger partial charge < -0.3 is 5.73 Å². The molecule has 0 aliphatic carbocycles. The lowest BCUT2D eigenvalue weighted by Crippen LogP contribution is -2.34. The molecule has 0 aromatic heterocycles. The monoisotopic (exact) mass is 338 g/mol. The van der Waals surface area contributed by atoms with Gasteiger partial charge in [-0.2, -0.15) is 11.8 Å². The van der Waals surface area contributed by atoms with Crippen molar-refractivity contribution in [3.8, 4) is 0 Å². The van der Waals surface area contributed by atoms with E-state index in [4.69, 9.17) is 29.6 Å². The van der Waals surface area contributed by atoms with Crippen molar-refractivity contribution in [3.63, 3.8) is 0 Å². The Bertz CT molecular complexity index is 575. The third kappa shape index (κ3) is 4.61. The first-order valence-electron chi connectivity index (χ1n) is 5.38. The van der Waals surface area contributed by atoms with Gasteiger partial charge in [-0.1, -0.05) is 29.9 Å². The molecule has 0 saturated heterocycles. The van der Waals surface area contributed by atoms with Crippen LogP contribution in [0.25, 0.3) is 0 Å². The summed E-state index contributed by atoms with van der Waals surface area (Å²) in [7, 11) is -3.63. The number of hydrogen-bond donors (Lipinski definition) is 2. The van der Waals surface area contributed by atoms with Crippen molar-refractivity contribution in [1.82, 2.24) is 4.72 Å². The Balaban J connectivity index is 3.05.